The van der Waals surface area contributed by atoms with E-state index in [1.807, 2.05) is 12.1 Å². The zero-order valence-electron chi connectivity index (χ0n) is 12.0. The summed E-state index contributed by atoms with van der Waals surface area (Å²) in [6, 6.07) is 8.25. The van der Waals surface area contributed by atoms with E-state index in [1.54, 1.807) is 0 Å². The highest BCUT2D eigenvalue weighted by molar-refractivity contribution is 7.80. The zero-order valence-corrected chi connectivity index (χ0v) is 12.8. The first-order valence-corrected chi connectivity index (χ1v) is 7.61. The lowest BCUT2D eigenvalue weighted by Gasteiger charge is -2.26. The molecule has 1 aliphatic heterocycles. The summed E-state index contributed by atoms with van der Waals surface area (Å²) in [6.07, 6.45) is 3.86. The molecule has 1 heterocycles. The molecule has 0 radical (unpaired) electrons. The van der Waals surface area contributed by atoms with Crippen LogP contribution in [0.5, 0.6) is 0 Å². The van der Waals surface area contributed by atoms with E-state index in [-0.39, 0.29) is 0 Å². The first-order chi connectivity index (χ1) is 9.10. The number of nitrogens with two attached hydrogens (primary N) is 1. The lowest BCUT2D eigenvalue weighted by Crippen LogP contribution is -2.27. The molecule has 0 aromatic heterocycles. The highest BCUT2D eigenvalue weighted by atomic mass is 32.1. The van der Waals surface area contributed by atoms with Gasteiger partial charge in [0.25, 0.3) is 0 Å². The Bertz CT molecular complexity index is 452. The molecule has 19 heavy (non-hydrogen) atoms. The number of benzene rings is 1. The van der Waals surface area contributed by atoms with Gasteiger partial charge in [0.15, 0.2) is 0 Å². The maximum Gasteiger partial charge on any atom is 0.104 e. The van der Waals surface area contributed by atoms with Gasteiger partial charge in [0, 0.05) is 18.7 Å². The van der Waals surface area contributed by atoms with E-state index < -0.39 is 0 Å². The smallest absolute Gasteiger partial charge is 0.104 e. The Hall–Kier alpha value is -0.930. The number of rotatable bonds is 5. The topological polar surface area (TPSA) is 29.3 Å². The van der Waals surface area contributed by atoms with E-state index in [9.17, 15) is 0 Å². The maximum atomic E-state index is 5.81. The normalized spacial score (nSPS) is 18.6. The molecule has 3 heteroatoms. The highest BCUT2D eigenvalue weighted by Crippen LogP contribution is 2.37. The van der Waals surface area contributed by atoms with E-state index >= 15 is 0 Å². The second-order valence-electron chi connectivity index (χ2n) is 5.69. The van der Waals surface area contributed by atoms with Crippen LogP contribution in [0.4, 0.5) is 0 Å². The number of hydrogen-bond acceptors (Lipinski definition) is 2. The summed E-state index contributed by atoms with van der Waals surface area (Å²) in [5, 5.41) is 0. The SMILES string of the molecule is CCC1(CC)CCN(Cc2ccccc2C(N)=S)C1. The van der Waals surface area contributed by atoms with Crippen molar-refractivity contribution in [2.75, 3.05) is 13.1 Å². The van der Waals surface area contributed by atoms with Crippen molar-refractivity contribution in [1.29, 1.82) is 0 Å². The highest BCUT2D eigenvalue weighted by Gasteiger charge is 2.34. The fourth-order valence-corrected chi connectivity index (χ4v) is 3.33. The number of thiocarbonyl (C=S) groups is 1. The van der Waals surface area contributed by atoms with Gasteiger partial charge in [-0.2, -0.15) is 0 Å². The largest absolute Gasteiger partial charge is 0.389 e. The van der Waals surface area contributed by atoms with Crippen LogP contribution >= 0.6 is 12.2 Å². The third-order valence-corrected chi connectivity index (χ3v) is 4.91. The molecule has 0 spiro atoms. The fourth-order valence-electron chi connectivity index (χ4n) is 3.13. The Morgan fingerprint density at radius 3 is 2.58 bits per heavy atom. The van der Waals surface area contributed by atoms with Gasteiger partial charge in [0.2, 0.25) is 0 Å². The van der Waals surface area contributed by atoms with Gasteiger partial charge in [-0.05, 0) is 36.8 Å². The summed E-state index contributed by atoms with van der Waals surface area (Å²) in [6.45, 7) is 7.99. The van der Waals surface area contributed by atoms with Crippen LogP contribution in [-0.4, -0.2) is 23.0 Å². The van der Waals surface area contributed by atoms with Gasteiger partial charge in [-0.15, -0.1) is 0 Å². The molecule has 0 amide bonds. The molecule has 0 bridgehead atoms. The van der Waals surface area contributed by atoms with Crippen molar-refractivity contribution in [2.24, 2.45) is 11.1 Å². The standard InChI is InChI=1S/C16H24N2S/c1-3-16(4-2)9-10-18(12-16)11-13-7-5-6-8-14(13)15(17)19/h5-8H,3-4,9-12H2,1-2H3,(H2,17,19). The summed E-state index contributed by atoms with van der Waals surface area (Å²) < 4.78 is 0. The van der Waals surface area contributed by atoms with Crippen LogP contribution in [-0.2, 0) is 6.54 Å². The van der Waals surface area contributed by atoms with Crippen LogP contribution in [0.2, 0.25) is 0 Å². The first-order valence-electron chi connectivity index (χ1n) is 7.20. The van der Waals surface area contributed by atoms with E-state index in [2.05, 4.69) is 30.9 Å². The monoisotopic (exact) mass is 276 g/mol. The van der Waals surface area contributed by atoms with Crippen molar-refractivity contribution in [3.05, 3.63) is 35.4 Å². The minimum atomic E-state index is 0.507. The molecule has 0 unspecified atom stereocenters. The summed E-state index contributed by atoms with van der Waals surface area (Å²) in [5.74, 6) is 0. The molecule has 0 aliphatic carbocycles. The minimum Gasteiger partial charge on any atom is -0.389 e. The Balaban J connectivity index is 2.09. The van der Waals surface area contributed by atoms with Gasteiger partial charge in [0.05, 0.1) is 0 Å². The number of hydrogen-bond donors (Lipinski definition) is 1. The molecule has 1 saturated heterocycles. The van der Waals surface area contributed by atoms with Crippen LogP contribution < -0.4 is 5.73 Å². The average molecular weight is 276 g/mol. The lowest BCUT2D eigenvalue weighted by atomic mass is 9.82. The van der Waals surface area contributed by atoms with Crippen LogP contribution in [0.3, 0.4) is 0 Å². The van der Waals surface area contributed by atoms with Crippen molar-refractivity contribution < 1.29 is 0 Å². The third kappa shape index (κ3) is 3.15. The van der Waals surface area contributed by atoms with Gasteiger partial charge in [-0.1, -0.05) is 50.3 Å². The summed E-state index contributed by atoms with van der Waals surface area (Å²) in [7, 11) is 0. The van der Waals surface area contributed by atoms with Gasteiger partial charge in [-0.25, -0.2) is 0 Å². The number of nitrogens with zero attached hydrogens (tertiary/aromatic N) is 1. The molecule has 1 aliphatic rings. The molecular weight excluding hydrogens is 252 g/mol. The Morgan fingerprint density at radius 1 is 1.32 bits per heavy atom. The predicted octanol–water partition coefficient (Wildman–Crippen LogP) is 3.33. The van der Waals surface area contributed by atoms with Crippen molar-refractivity contribution in [1.82, 2.24) is 4.90 Å². The molecule has 1 aromatic rings. The van der Waals surface area contributed by atoms with Crippen LogP contribution in [0.15, 0.2) is 24.3 Å². The second kappa shape index (κ2) is 6.02. The van der Waals surface area contributed by atoms with Crippen LogP contribution in [0.1, 0.15) is 44.2 Å². The zero-order chi connectivity index (χ0) is 13.9. The minimum absolute atomic E-state index is 0.507. The van der Waals surface area contributed by atoms with Crippen molar-refractivity contribution >= 4 is 17.2 Å². The summed E-state index contributed by atoms with van der Waals surface area (Å²) in [5.41, 5.74) is 8.63. The van der Waals surface area contributed by atoms with Crippen molar-refractivity contribution in [2.45, 2.75) is 39.7 Å². The van der Waals surface area contributed by atoms with E-state index in [0.29, 0.717) is 10.4 Å². The molecule has 2 N–H and O–H groups in total. The van der Waals surface area contributed by atoms with Gasteiger partial charge >= 0.3 is 0 Å². The second-order valence-corrected chi connectivity index (χ2v) is 6.13. The Kier molecular flexibility index (Phi) is 4.58. The van der Waals surface area contributed by atoms with Crippen molar-refractivity contribution in [3.8, 4) is 0 Å². The molecule has 104 valence electrons. The summed E-state index contributed by atoms with van der Waals surface area (Å²) in [4.78, 5) is 3.05. The third-order valence-electron chi connectivity index (χ3n) is 4.69. The molecule has 1 fully saturated rings. The Labute approximate surface area is 122 Å². The predicted molar refractivity (Wildman–Crippen MR) is 85.2 cm³/mol. The quantitative estimate of drug-likeness (QED) is 0.836. The molecule has 2 rings (SSSR count). The first kappa shape index (κ1) is 14.5. The number of likely N-dealkylation sites (tertiary alicyclic amines) is 1. The molecule has 0 atom stereocenters. The van der Waals surface area contributed by atoms with Gasteiger partial charge < -0.3 is 5.73 Å². The molecule has 0 saturated carbocycles. The van der Waals surface area contributed by atoms with Gasteiger partial charge in [-0.3, -0.25) is 4.90 Å². The maximum absolute atomic E-state index is 5.81. The molecule has 2 nitrogen and oxygen atoms in total. The molecule has 1 aromatic carbocycles. The fraction of sp³-hybridized carbons (Fsp3) is 0.562. The lowest BCUT2D eigenvalue weighted by molar-refractivity contribution is 0.236. The van der Waals surface area contributed by atoms with E-state index in [0.717, 1.165) is 12.1 Å². The average Bonchev–Trinajstić information content (AvgIpc) is 2.83. The van der Waals surface area contributed by atoms with E-state index in [4.69, 9.17) is 18.0 Å². The van der Waals surface area contributed by atoms with Crippen LogP contribution in [0, 0.1) is 5.41 Å². The van der Waals surface area contributed by atoms with E-state index in [1.165, 1.54) is 37.9 Å². The van der Waals surface area contributed by atoms with Gasteiger partial charge in [0.1, 0.15) is 4.99 Å². The Morgan fingerprint density at radius 2 is 2.00 bits per heavy atom. The van der Waals surface area contributed by atoms with Crippen molar-refractivity contribution in [3.63, 3.8) is 0 Å². The molecular formula is C16H24N2S. The summed E-state index contributed by atoms with van der Waals surface area (Å²) >= 11 is 5.14. The van der Waals surface area contributed by atoms with Crippen LogP contribution in [0.25, 0.3) is 0 Å².